The van der Waals surface area contributed by atoms with Gasteiger partial charge >= 0.3 is 0 Å². The molecule has 1 aliphatic carbocycles. The average molecular weight is 364 g/mol. The van der Waals surface area contributed by atoms with Gasteiger partial charge in [-0.2, -0.15) is 4.98 Å². The molecule has 140 valence electrons. The van der Waals surface area contributed by atoms with Crippen LogP contribution in [-0.4, -0.2) is 39.0 Å². The van der Waals surface area contributed by atoms with Gasteiger partial charge in [-0.15, -0.1) is 0 Å². The van der Waals surface area contributed by atoms with Crippen LogP contribution < -0.4 is 0 Å². The summed E-state index contributed by atoms with van der Waals surface area (Å²) in [5.41, 5.74) is 3.63. The molecule has 5 rings (SSSR count). The first kappa shape index (κ1) is 16.5. The van der Waals surface area contributed by atoms with Gasteiger partial charge in [-0.25, -0.2) is 0 Å². The predicted molar refractivity (Wildman–Crippen MR) is 102 cm³/mol. The van der Waals surface area contributed by atoms with E-state index < -0.39 is 0 Å². The van der Waals surface area contributed by atoms with Crippen molar-refractivity contribution in [2.75, 3.05) is 13.1 Å². The number of nitrogens with zero attached hydrogens (tertiary/aromatic N) is 3. The number of benzene rings is 1. The van der Waals surface area contributed by atoms with Crippen LogP contribution in [0.4, 0.5) is 0 Å². The van der Waals surface area contributed by atoms with E-state index in [-0.39, 0.29) is 11.8 Å². The Morgan fingerprint density at radius 3 is 2.81 bits per heavy atom. The molecule has 2 aliphatic rings. The first-order chi connectivity index (χ1) is 13.2. The molecular formula is C21H24N4O2. The third-order valence-electron chi connectivity index (χ3n) is 6.13. The van der Waals surface area contributed by atoms with E-state index in [2.05, 4.69) is 33.3 Å². The van der Waals surface area contributed by atoms with Gasteiger partial charge in [0, 0.05) is 42.5 Å². The molecule has 3 aromatic rings. The minimum atomic E-state index is -0.0369. The summed E-state index contributed by atoms with van der Waals surface area (Å²) in [6, 6.07) is 8.39. The Labute approximate surface area is 157 Å². The number of carbonyl (C=O) groups is 1. The number of likely N-dealkylation sites (tertiary alicyclic amines) is 1. The standard InChI is InChI=1S/C21H24N4O2/c1-13-22-20(24-27-13)14-9-11-25(12-10-14)21(26)17-7-4-6-16-15-5-2-3-8-18(15)23-19(16)17/h2-3,5,8,14,17,23H,4,6-7,9-12H2,1H3/t17-/m0/s1. The van der Waals surface area contributed by atoms with Crippen molar-refractivity contribution in [1.82, 2.24) is 20.0 Å². The van der Waals surface area contributed by atoms with Crippen molar-refractivity contribution in [2.24, 2.45) is 0 Å². The van der Waals surface area contributed by atoms with Crippen LogP contribution in [0.1, 0.15) is 60.5 Å². The minimum absolute atomic E-state index is 0.0369. The SMILES string of the molecule is Cc1nc(C2CCN(C(=O)[C@H]3CCCc4c3[nH]c3ccccc43)CC2)no1. The molecule has 1 fully saturated rings. The van der Waals surface area contributed by atoms with E-state index in [4.69, 9.17) is 4.52 Å². The van der Waals surface area contributed by atoms with Crippen molar-refractivity contribution in [3.8, 4) is 0 Å². The zero-order valence-electron chi connectivity index (χ0n) is 15.6. The van der Waals surface area contributed by atoms with Crippen molar-refractivity contribution in [2.45, 2.75) is 50.9 Å². The molecule has 1 aromatic carbocycles. The van der Waals surface area contributed by atoms with Crippen molar-refractivity contribution in [3.63, 3.8) is 0 Å². The molecule has 1 amide bonds. The normalized spacial score (nSPS) is 20.8. The van der Waals surface area contributed by atoms with E-state index in [1.165, 1.54) is 10.9 Å². The highest BCUT2D eigenvalue weighted by atomic mass is 16.5. The molecule has 0 unspecified atom stereocenters. The Hall–Kier alpha value is -2.63. The summed E-state index contributed by atoms with van der Waals surface area (Å²) in [6.07, 6.45) is 4.86. The van der Waals surface area contributed by atoms with Crippen molar-refractivity contribution in [3.05, 3.63) is 47.2 Å². The molecule has 1 saturated heterocycles. The number of aromatic amines is 1. The van der Waals surface area contributed by atoms with E-state index in [0.29, 0.717) is 11.8 Å². The number of carbonyl (C=O) groups excluding carboxylic acids is 1. The Morgan fingerprint density at radius 2 is 2.04 bits per heavy atom. The monoisotopic (exact) mass is 364 g/mol. The van der Waals surface area contributed by atoms with Gasteiger partial charge < -0.3 is 14.4 Å². The Bertz CT molecular complexity index is 981. The third kappa shape index (κ3) is 2.83. The number of aromatic nitrogens is 3. The molecule has 6 nitrogen and oxygen atoms in total. The third-order valence-corrected chi connectivity index (χ3v) is 6.13. The van der Waals surface area contributed by atoms with Gasteiger partial charge in [0.25, 0.3) is 0 Å². The second-order valence-corrected chi connectivity index (χ2v) is 7.78. The first-order valence-electron chi connectivity index (χ1n) is 9.89. The van der Waals surface area contributed by atoms with E-state index in [9.17, 15) is 4.79 Å². The van der Waals surface area contributed by atoms with Crippen LogP contribution in [0, 0.1) is 6.92 Å². The Morgan fingerprint density at radius 1 is 1.22 bits per heavy atom. The number of H-pyrrole nitrogens is 1. The lowest BCUT2D eigenvalue weighted by Gasteiger charge is -2.34. The zero-order valence-corrected chi connectivity index (χ0v) is 15.6. The maximum Gasteiger partial charge on any atom is 0.231 e. The zero-order chi connectivity index (χ0) is 18.4. The summed E-state index contributed by atoms with van der Waals surface area (Å²) in [5, 5.41) is 5.33. The van der Waals surface area contributed by atoms with Crippen LogP contribution in [-0.2, 0) is 11.2 Å². The molecule has 1 aliphatic heterocycles. The van der Waals surface area contributed by atoms with Gasteiger partial charge in [-0.3, -0.25) is 4.79 Å². The maximum atomic E-state index is 13.3. The second-order valence-electron chi connectivity index (χ2n) is 7.78. The van der Waals surface area contributed by atoms with E-state index in [1.807, 2.05) is 17.9 Å². The van der Waals surface area contributed by atoms with Crippen LogP contribution in [0.3, 0.4) is 0 Å². The average Bonchev–Trinajstić information content (AvgIpc) is 3.31. The summed E-state index contributed by atoms with van der Waals surface area (Å²) in [6.45, 7) is 3.35. The molecule has 2 aromatic heterocycles. The van der Waals surface area contributed by atoms with Gasteiger partial charge in [0.05, 0.1) is 5.92 Å². The van der Waals surface area contributed by atoms with Crippen LogP contribution in [0.15, 0.2) is 28.8 Å². The predicted octanol–water partition coefficient (Wildman–Crippen LogP) is 3.69. The first-order valence-corrected chi connectivity index (χ1v) is 9.89. The van der Waals surface area contributed by atoms with Crippen molar-refractivity contribution >= 4 is 16.8 Å². The minimum Gasteiger partial charge on any atom is -0.357 e. The fraction of sp³-hybridized carbons (Fsp3) is 0.476. The highest BCUT2D eigenvalue weighted by Crippen LogP contribution is 2.38. The summed E-state index contributed by atoms with van der Waals surface area (Å²) >= 11 is 0. The van der Waals surface area contributed by atoms with Crippen LogP contribution >= 0.6 is 0 Å². The topological polar surface area (TPSA) is 75.0 Å². The molecule has 27 heavy (non-hydrogen) atoms. The van der Waals surface area contributed by atoms with Gasteiger partial charge in [-0.1, -0.05) is 23.4 Å². The maximum absolute atomic E-state index is 13.3. The van der Waals surface area contributed by atoms with Crippen molar-refractivity contribution < 1.29 is 9.32 Å². The highest BCUT2D eigenvalue weighted by molar-refractivity contribution is 5.90. The molecule has 0 spiro atoms. The molecular weight excluding hydrogens is 340 g/mol. The van der Waals surface area contributed by atoms with E-state index in [0.717, 1.165) is 62.2 Å². The number of hydrogen-bond donors (Lipinski definition) is 1. The summed E-state index contributed by atoms with van der Waals surface area (Å²) in [5.74, 6) is 1.92. The fourth-order valence-corrected chi connectivity index (χ4v) is 4.72. The number of nitrogens with one attached hydrogen (secondary N) is 1. The second kappa shape index (κ2) is 6.51. The Balaban J connectivity index is 1.34. The lowest BCUT2D eigenvalue weighted by molar-refractivity contribution is -0.134. The van der Waals surface area contributed by atoms with Gasteiger partial charge in [-0.05, 0) is 43.7 Å². The van der Waals surface area contributed by atoms with Gasteiger partial charge in [0.15, 0.2) is 5.82 Å². The van der Waals surface area contributed by atoms with E-state index in [1.54, 1.807) is 0 Å². The lowest BCUT2D eigenvalue weighted by Crippen LogP contribution is -2.41. The van der Waals surface area contributed by atoms with Gasteiger partial charge in [0.2, 0.25) is 11.8 Å². The van der Waals surface area contributed by atoms with Crippen LogP contribution in [0.5, 0.6) is 0 Å². The number of para-hydroxylation sites is 1. The quantitative estimate of drug-likeness (QED) is 0.752. The molecule has 0 radical (unpaired) electrons. The number of piperidine rings is 1. The summed E-state index contributed by atoms with van der Waals surface area (Å²) < 4.78 is 5.11. The number of aryl methyl sites for hydroxylation is 2. The molecule has 3 heterocycles. The molecule has 1 atom stereocenters. The highest BCUT2D eigenvalue weighted by Gasteiger charge is 2.34. The number of hydrogen-bond acceptors (Lipinski definition) is 4. The largest absolute Gasteiger partial charge is 0.357 e. The van der Waals surface area contributed by atoms with Crippen molar-refractivity contribution in [1.29, 1.82) is 0 Å². The molecule has 0 bridgehead atoms. The summed E-state index contributed by atoms with van der Waals surface area (Å²) in [7, 11) is 0. The molecule has 6 heteroatoms. The fourth-order valence-electron chi connectivity index (χ4n) is 4.72. The molecule has 1 N–H and O–H groups in total. The number of rotatable bonds is 2. The van der Waals surface area contributed by atoms with E-state index >= 15 is 0 Å². The van der Waals surface area contributed by atoms with Crippen LogP contribution in [0.25, 0.3) is 10.9 Å². The number of amides is 1. The Kier molecular flexibility index (Phi) is 3.99. The van der Waals surface area contributed by atoms with Crippen LogP contribution in [0.2, 0.25) is 0 Å². The molecule has 0 saturated carbocycles. The smallest absolute Gasteiger partial charge is 0.231 e. The summed E-state index contributed by atoms with van der Waals surface area (Å²) in [4.78, 5) is 23.2. The van der Waals surface area contributed by atoms with Gasteiger partial charge in [0.1, 0.15) is 0 Å². The lowest BCUT2D eigenvalue weighted by atomic mass is 9.85. The number of fused-ring (bicyclic) bond motifs is 3.